The van der Waals surface area contributed by atoms with Crippen LogP contribution in [0, 0.1) is 0 Å². The molecule has 0 saturated heterocycles. The van der Waals surface area contributed by atoms with E-state index in [1.807, 2.05) is 22.9 Å². The van der Waals surface area contributed by atoms with Gasteiger partial charge < -0.3 is 33.3 Å². The lowest BCUT2D eigenvalue weighted by molar-refractivity contribution is 0.0678. The van der Waals surface area contributed by atoms with Crippen molar-refractivity contribution >= 4 is 55.7 Å². The SMILES string of the molecule is O=C(O)c1cccc(CN(C[C@H](Cc2ccc(NI)cc2)N(Cc2cccc(C(=O)O)n2)CP(=O)(O)O)CP(=O)(O)O)n1. The number of hydrogen-bond donors (Lipinski definition) is 7. The van der Waals surface area contributed by atoms with Crippen LogP contribution in [0.2, 0.25) is 0 Å². The average molecular weight is 749 g/mol. The number of pyridine rings is 2. The summed E-state index contributed by atoms with van der Waals surface area (Å²) in [7, 11) is -9.38. The van der Waals surface area contributed by atoms with E-state index in [4.69, 9.17) is 0 Å². The summed E-state index contributed by atoms with van der Waals surface area (Å²) in [6, 6.07) is 14.8. The first-order valence-corrected chi connectivity index (χ1v) is 17.2. The van der Waals surface area contributed by atoms with Crippen molar-refractivity contribution in [1.82, 2.24) is 19.8 Å². The fourth-order valence-electron chi connectivity index (χ4n) is 4.36. The smallest absolute Gasteiger partial charge is 0.354 e. The molecule has 43 heavy (non-hydrogen) atoms. The molecule has 7 N–H and O–H groups in total. The average Bonchev–Trinajstić information content (AvgIpc) is 2.91. The van der Waals surface area contributed by atoms with Crippen molar-refractivity contribution < 1.29 is 48.5 Å². The van der Waals surface area contributed by atoms with E-state index < -0.39 is 45.7 Å². The lowest BCUT2D eigenvalue weighted by atomic mass is 10.0. The molecule has 0 aliphatic heterocycles. The molecule has 0 unspecified atom stereocenters. The van der Waals surface area contributed by atoms with E-state index in [0.717, 1.165) is 11.3 Å². The van der Waals surface area contributed by atoms with Gasteiger partial charge >= 0.3 is 27.1 Å². The third kappa shape index (κ3) is 12.0. The Bertz CT molecular complexity index is 1520. The molecule has 2 aromatic heterocycles. The number of hydrogen-bond acceptors (Lipinski definition) is 9. The van der Waals surface area contributed by atoms with Gasteiger partial charge in [-0.25, -0.2) is 19.6 Å². The van der Waals surface area contributed by atoms with Gasteiger partial charge in [-0.3, -0.25) is 18.9 Å². The molecule has 18 heteroatoms. The summed E-state index contributed by atoms with van der Waals surface area (Å²) in [5.74, 6) is -2.57. The normalized spacial score (nSPS) is 12.8. The van der Waals surface area contributed by atoms with E-state index >= 15 is 0 Å². The zero-order chi connectivity index (χ0) is 31.8. The highest BCUT2D eigenvalue weighted by Gasteiger charge is 2.31. The van der Waals surface area contributed by atoms with Crippen molar-refractivity contribution in [1.29, 1.82) is 0 Å². The Kier molecular flexibility index (Phi) is 12.3. The van der Waals surface area contributed by atoms with Gasteiger partial charge in [0.05, 0.1) is 34.3 Å². The maximum atomic E-state index is 12.3. The molecular formula is C25H30IN5O10P2. The highest BCUT2D eigenvalue weighted by molar-refractivity contribution is 14.1. The van der Waals surface area contributed by atoms with Crippen LogP contribution in [0.1, 0.15) is 37.9 Å². The number of aromatic carboxylic acids is 2. The van der Waals surface area contributed by atoms with Gasteiger partial charge in [-0.05, 0) is 48.4 Å². The first-order valence-electron chi connectivity index (χ1n) is 12.5. The number of carboxylic acids is 2. The molecule has 3 rings (SSSR count). The molecule has 0 spiro atoms. The van der Waals surface area contributed by atoms with Crippen LogP contribution < -0.4 is 3.53 Å². The third-order valence-electron chi connectivity index (χ3n) is 6.07. The van der Waals surface area contributed by atoms with Crippen LogP contribution >= 0.6 is 38.1 Å². The van der Waals surface area contributed by atoms with Crippen LogP contribution in [0.25, 0.3) is 0 Å². The molecule has 1 atom stereocenters. The van der Waals surface area contributed by atoms with Crippen LogP contribution in [0.5, 0.6) is 0 Å². The van der Waals surface area contributed by atoms with Crippen LogP contribution in [0.4, 0.5) is 5.69 Å². The molecule has 0 radical (unpaired) electrons. The largest absolute Gasteiger partial charge is 0.477 e. The third-order valence-corrected chi connectivity index (χ3v) is 8.20. The molecule has 1 aromatic carbocycles. The number of nitrogens with one attached hydrogen (secondary N) is 1. The monoisotopic (exact) mass is 749 g/mol. The van der Waals surface area contributed by atoms with Gasteiger partial charge in [-0.1, -0.05) is 24.3 Å². The van der Waals surface area contributed by atoms with Gasteiger partial charge in [0.1, 0.15) is 24.0 Å². The summed E-state index contributed by atoms with van der Waals surface area (Å²) < 4.78 is 27.4. The van der Waals surface area contributed by atoms with Crippen LogP contribution in [-0.2, 0) is 28.6 Å². The van der Waals surface area contributed by atoms with E-state index in [9.17, 15) is 48.5 Å². The number of anilines is 1. The lowest BCUT2D eigenvalue weighted by Gasteiger charge is -2.36. The fourth-order valence-corrected chi connectivity index (χ4v) is 6.26. The van der Waals surface area contributed by atoms with Crippen LogP contribution in [0.15, 0.2) is 60.7 Å². The molecule has 0 aliphatic carbocycles. The minimum absolute atomic E-state index is 0.144. The highest BCUT2D eigenvalue weighted by Crippen LogP contribution is 2.38. The molecule has 2 heterocycles. The van der Waals surface area contributed by atoms with Gasteiger partial charge in [-0.2, -0.15) is 0 Å². The van der Waals surface area contributed by atoms with E-state index in [0.29, 0.717) is 0 Å². The number of carbonyl (C=O) groups is 2. The predicted molar refractivity (Wildman–Crippen MR) is 164 cm³/mol. The molecule has 0 fully saturated rings. The maximum absolute atomic E-state index is 12.3. The molecule has 0 amide bonds. The van der Waals surface area contributed by atoms with Crippen LogP contribution in [0.3, 0.4) is 0 Å². The van der Waals surface area contributed by atoms with E-state index in [-0.39, 0.29) is 48.8 Å². The molecule has 0 saturated carbocycles. The Morgan fingerprint density at radius 3 is 1.77 bits per heavy atom. The number of benzene rings is 1. The van der Waals surface area contributed by atoms with E-state index in [2.05, 4.69) is 13.5 Å². The molecule has 3 aromatic rings. The minimum Gasteiger partial charge on any atom is -0.477 e. The fraction of sp³-hybridized carbons (Fsp3) is 0.280. The molecule has 15 nitrogen and oxygen atoms in total. The number of halogens is 1. The zero-order valence-electron chi connectivity index (χ0n) is 22.5. The van der Waals surface area contributed by atoms with Crippen molar-refractivity contribution in [2.45, 2.75) is 25.6 Å². The van der Waals surface area contributed by atoms with E-state index in [1.54, 1.807) is 24.3 Å². The van der Waals surface area contributed by atoms with Crippen molar-refractivity contribution in [3.8, 4) is 0 Å². The first kappa shape index (κ1) is 34.7. The predicted octanol–water partition coefficient (Wildman–Crippen LogP) is 2.82. The highest BCUT2D eigenvalue weighted by atomic mass is 127. The van der Waals surface area contributed by atoms with Gasteiger partial charge in [-0.15, -0.1) is 0 Å². The second-order valence-electron chi connectivity index (χ2n) is 9.66. The molecule has 0 aliphatic rings. The Morgan fingerprint density at radius 1 is 0.791 bits per heavy atom. The molecular weight excluding hydrogens is 719 g/mol. The first-order chi connectivity index (χ1) is 20.1. The van der Waals surface area contributed by atoms with Gasteiger partial charge in [0, 0.05) is 31.4 Å². The van der Waals surface area contributed by atoms with Gasteiger partial charge in [0.2, 0.25) is 0 Å². The lowest BCUT2D eigenvalue weighted by Crippen LogP contribution is -2.45. The summed E-state index contributed by atoms with van der Waals surface area (Å²) in [6.45, 7) is -0.521. The van der Waals surface area contributed by atoms with Crippen molar-refractivity contribution in [3.05, 3.63) is 89.0 Å². The summed E-state index contributed by atoms with van der Waals surface area (Å²) >= 11 is 1.96. The van der Waals surface area contributed by atoms with Gasteiger partial charge in [0.15, 0.2) is 0 Å². The summed E-state index contributed by atoms with van der Waals surface area (Å²) in [5, 5.41) is 18.7. The van der Waals surface area contributed by atoms with Crippen molar-refractivity contribution in [3.63, 3.8) is 0 Å². The second kappa shape index (κ2) is 15.3. The Morgan fingerprint density at radius 2 is 1.30 bits per heavy atom. The zero-order valence-corrected chi connectivity index (χ0v) is 26.4. The topological polar surface area (TPSA) is 234 Å². The number of nitrogens with zero attached hydrogens (tertiary/aromatic N) is 4. The quantitative estimate of drug-likeness (QED) is 0.0634. The summed E-state index contributed by atoms with van der Waals surface area (Å²) in [5.41, 5.74) is 1.43. The Hall–Kier alpha value is -2.79. The minimum atomic E-state index is -4.71. The second-order valence-corrected chi connectivity index (χ2v) is 13.4. The van der Waals surface area contributed by atoms with Crippen molar-refractivity contribution in [2.24, 2.45) is 0 Å². The molecule has 232 valence electrons. The Labute approximate surface area is 260 Å². The van der Waals surface area contributed by atoms with E-state index in [1.165, 1.54) is 46.2 Å². The molecule has 0 bridgehead atoms. The summed E-state index contributed by atoms with van der Waals surface area (Å²) in [4.78, 5) is 73.4. The maximum Gasteiger partial charge on any atom is 0.354 e. The standard InChI is InChI=1S/C25H30IN5O10P2/c26-29-18-9-7-17(8-10-18)11-21(31(16-43(39,40)41)13-20-4-2-6-23(28-20)25(34)35)14-30(15-42(36,37)38)12-19-3-1-5-22(27-19)24(32)33/h1-10,21,29H,11-16H2,(H,32,33)(H,34,35)(H2,36,37,38)(H2,39,40,41)/t21-/m0/s1. The Balaban J connectivity index is 2.05. The number of carboxylic acid groups (broad SMARTS) is 2. The van der Waals surface area contributed by atoms with Crippen LogP contribution in [-0.4, -0.2) is 86.7 Å². The number of rotatable bonds is 16. The number of aromatic nitrogens is 2. The van der Waals surface area contributed by atoms with Crippen molar-refractivity contribution in [2.75, 3.05) is 22.6 Å². The summed E-state index contributed by atoms with van der Waals surface area (Å²) in [6.07, 6.45) is -1.35. The van der Waals surface area contributed by atoms with Gasteiger partial charge in [0.25, 0.3) is 0 Å².